The van der Waals surface area contributed by atoms with Gasteiger partial charge < -0.3 is 20.4 Å². The third-order valence-corrected chi connectivity index (χ3v) is 10.3. The van der Waals surface area contributed by atoms with Crippen LogP contribution >= 0.6 is 0 Å². The number of fused-ring (bicyclic) bond motifs is 5. The van der Waals surface area contributed by atoms with Crippen molar-refractivity contribution in [1.82, 2.24) is 0 Å². The summed E-state index contributed by atoms with van der Waals surface area (Å²) in [6.07, 6.45) is 5.49. The van der Waals surface area contributed by atoms with Crippen molar-refractivity contribution in [2.24, 2.45) is 40.4 Å². The first-order valence-corrected chi connectivity index (χ1v) is 12.8. The molecule has 182 valence electrons. The van der Waals surface area contributed by atoms with E-state index in [9.17, 15) is 25.2 Å². The van der Waals surface area contributed by atoms with E-state index in [1.165, 1.54) is 5.57 Å². The van der Waals surface area contributed by atoms with Crippen molar-refractivity contribution in [2.75, 3.05) is 0 Å². The lowest BCUT2D eigenvalue weighted by atomic mass is 9.47. The quantitative estimate of drug-likeness (QED) is 0.515. The van der Waals surface area contributed by atoms with E-state index in [1.54, 1.807) is 0 Å². The van der Waals surface area contributed by atoms with Crippen molar-refractivity contribution in [1.29, 1.82) is 0 Å². The molecule has 10 atom stereocenters. The first-order chi connectivity index (χ1) is 14.8. The van der Waals surface area contributed by atoms with Gasteiger partial charge in [0, 0.05) is 5.92 Å². The molecule has 0 heterocycles. The summed E-state index contributed by atoms with van der Waals surface area (Å²) in [5, 5.41) is 43.2. The predicted molar refractivity (Wildman–Crippen MR) is 124 cm³/mol. The number of allylic oxidation sites excluding steroid dienone is 2. The third-order valence-electron chi connectivity index (χ3n) is 10.3. The summed E-state index contributed by atoms with van der Waals surface area (Å²) in [4.78, 5) is 13.2. The summed E-state index contributed by atoms with van der Waals surface area (Å²) in [5.41, 5.74) is -0.414. The Labute approximate surface area is 193 Å². The molecular weight excluding hydrogens is 404 g/mol. The van der Waals surface area contributed by atoms with Crippen LogP contribution in [0.15, 0.2) is 11.6 Å². The molecule has 0 aromatic carbocycles. The number of hydrogen-bond donors (Lipinski definition) is 4. The summed E-state index contributed by atoms with van der Waals surface area (Å²) in [5.74, 6) is 0.807. The highest BCUT2D eigenvalue weighted by Gasteiger charge is 2.63. The summed E-state index contributed by atoms with van der Waals surface area (Å²) in [7, 11) is 0. The van der Waals surface area contributed by atoms with Gasteiger partial charge in [0.1, 0.15) is 0 Å². The van der Waals surface area contributed by atoms with Gasteiger partial charge in [-0.05, 0) is 98.9 Å². The van der Waals surface area contributed by atoms with Crippen LogP contribution in [0.1, 0.15) is 86.0 Å². The highest BCUT2D eigenvalue weighted by molar-refractivity contribution is 5.94. The normalized spacial score (nSPS) is 46.7. The smallest absolute Gasteiger partial charge is 0.159 e. The van der Waals surface area contributed by atoms with Crippen LogP contribution in [0, 0.1) is 40.4 Å². The molecule has 0 aromatic heterocycles. The first kappa shape index (κ1) is 24.4. The summed E-state index contributed by atoms with van der Waals surface area (Å²) in [6, 6.07) is 0. The summed E-state index contributed by atoms with van der Waals surface area (Å²) < 4.78 is 0. The Kier molecular flexibility index (Phi) is 6.23. The lowest BCUT2D eigenvalue weighted by Gasteiger charge is -2.58. The number of carbonyl (C=O) groups excluding carboxylic acids is 1. The number of ketones is 1. The Balaban J connectivity index is 1.62. The molecule has 4 aliphatic carbocycles. The Morgan fingerprint density at radius 2 is 1.69 bits per heavy atom. The van der Waals surface area contributed by atoms with E-state index in [2.05, 4.69) is 27.7 Å². The van der Waals surface area contributed by atoms with Gasteiger partial charge in [-0.3, -0.25) is 4.79 Å². The molecule has 0 amide bonds. The minimum atomic E-state index is -1.15. The van der Waals surface area contributed by atoms with Gasteiger partial charge in [-0.25, -0.2) is 0 Å². The lowest BCUT2D eigenvalue weighted by molar-refractivity contribution is -0.151. The molecule has 0 bridgehead atoms. The van der Waals surface area contributed by atoms with E-state index in [0.717, 1.165) is 32.1 Å². The maximum absolute atomic E-state index is 13.2. The minimum absolute atomic E-state index is 0.0107. The van der Waals surface area contributed by atoms with Crippen LogP contribution < -0.4 is 0 Å². The fourth-order valence-corrected chi connectivity index (χ4v) is 8.37. The summed E-state index contributed by atoms with van der Waals surface area (Å²) in [6.45, 7) is 10.5. The second kappa shape index (κ2) is 8.18. The molecule has 0 saturated heterocycles. The van der Waals surface area contributed by atoms with Crippen LogP contribution in [0.25, 0.3) is 0 Å². The molecule has 4 aliphatic rings. The third kappa shape index (κ3) is 3.62. The van der Waals surface area contributed by atoms with Crippen LogP contribution in [0.2, 0.25) is 0 Å². The fourth-order valence-electron chi connectivity index (χ4n) is 8.37. The van der Waals surface area contributed by atoms with Gasteiger partial charge in [-0.15, -0.1) is 0 Å². The zero-order chi connectivity index (χ0) is 23.6. The van der Waals surface area contributed by atoms with Gasteiger partial charge in [-0.2, -0.15) is 0 Å². The number of aliphatic hydroxyl groups excluding tert-OH is 3. The molecular formula is C27H44O5. The number of aliphatic hydroxyl groups is 4. The van der Waals surface area contributed by atoms with E-state index < -0.39 is 23.9 Å². The maximum atomic E-state index is 13.2. The monoisotopic (exact) mass is 448 g/mol. The zero-order valence-electron chi connectivity index (χ0n) is 20.6. The van der Waals surface area contributed by atoms with E-state index in [0.29, 0.717) is 25.2 Å². The van der Waals surface area contributed by atoms with E-state index in [-0.39, 0.29) is 40.3 Å². The van der Waals surface area contributed by atoms with Crippen molar-refractivity contribution in [3.8, 4) is 0 Å². The SMILES string of the molecule is CC(C)CCC(O)C(C)(O)C1CCC2C3=CC(=O)C4CC(O)C(O)CC4(C)C3CCC21C. The predicted octanol–water partition coefficient (Wildman–Crippen LogP) is 3.62. The van der Waals surface area contributed by atoms with Crippen LogP contribution in [0.5, 0.6) is 0 Å². The van der Waals surface area contributed by atoms with Crippen LogP contribution in [0.4, 0.5) is 0 Å². The lowest BCUT2D eigenvalue weighted by Crippen LogP contribution is -2.57. The number of rotatable bonds is 5. The van der Waals surface area contributed by atoms with Gasteiger partial charge in [0.2, 0.25) is 0 Å². The Hall–Kier alpha value is -0.750. The van der Waals surface area contributed by atoms with Gasteiger partial charge in [-0.1, -0.05) is 33.3 Å². The Bertz CT molecular complexity index is 772. The molecule has 3 fully saturated rings. The molecule has 4 N–H and O–H groups in total. The maximum Gasteiger partial charge on any atom is 0.159 e. The molecule has 0 radical (unpaired) electrons. The molecule has 10 unspecified atom stereocenters. The molecule has 0 aliphatic heterocycles. The van der Waals surface area contributed by atoms with Crippen molar-refractivity contribution in [2.45, 2.75) is 110 Å². The molecule has 5 heteroatoms. The molecule has 5 nitrogen and oxygen atoms in total. The van der Waals surface area contributed by atoms with Crippen LogP contribution in [-0.4, -0.2) is 50.1 Å². The first-order valence-electron chi connectivity index (χ1n) is 12.8. The number of hydrogen-bond acceptors (Lipinski definition) is 5. The van der Waals surface area contributed by atoms with Gasteiger partial charge in [0.25, 0.3) is 0 Å². The molecule has 4 rings (SSSR count). The van der Waals surface area contributed by atoms with Crippen molar-refractivity contribution in [3.05, 3.63) is 11.6 Å². The molecule has 3 saturated carbocycles. The highest BCUT2D eigenvalue weighted by atomic mass is 16.3. The van der Waals surface area contributed by atoms with Crippen LogP contribution in [0.3, 0.4) is 0 Å². The largest absolute Gasteiger partial charge is 0.390 e. The topological polar surface area (TPSA) is 98.0 Å². The van der Waals surface area contributed by atoms with Gasteiger partial charge in [0.15, 0.2) is 5.78 Å². The van der Waals surface area contributed by atoms with Crippen molar-refractivity contribution >= 4 is 5.78 Å². The van der Waals surface area contributed by atoms with E-state index >= 15 is 0 Å². The van der Waals surface area contributed by atoms with Crippen LogP contribution in [-0.2, 0) is 4.79 Å². The van der Waals surface area contributed by atoms with E-state index in [1.807, 2.05) is 13.0 Å². The average Bonchev–Trinajstić information content (AvgIpc) is 3.06. The highest BCUT2D eigenvalue weighted by Crippen LogP contribution is 2.67. The Morgan fingerprint density at radius 1 is 1.03 bits per heavy atom. The molecule has 32 heavy (non-hydrogen) atoms. The Morgan fingerprint density at radius 3 is 2.34 bits per heavy atom. The second-order valence-corrected chi connectivity index (χ2v) is 12.7. The van der Waals surface area contributed by atoms with Gasteiger partial charge >= 0.3 is 0 Å². The average molecular weight is 449 g/mol. The minimum Gasteiger partial charge on any atom is -0.390 e. The van der Waals surface area contributed by atoms with Gasteiger partial charge in [0.05, 0.1) is 23.9 Å². The zero-order valence-corrected chi connectivity index (χ0v) is 20.6. The second-order valence-electron chi connectivity index (χ2n) is 12.7. The fraction of sp³-hybridized carbons (Fsp3) is 0.889. The number of carbonyl (C=O) groups is 1. The van der Waals surface area contributed by atoms with Crippen molar-refractivity contribution < 1.29 is 25.2 Å². The molecule has 0 spiro atoms. The molecule has 0 aromatic rings. The summed E-state index contributed by atoms with van der Waals surface area (Å²) >= 11 is 0. The van der Waals surface area contributed by atoms with E-state index in [4.69, 9.17) is 0 Å². The standard InChI is InChI=1S/C27H44O5/c1-15(2)6-9-24(31)27(5,32)23-8-7-17-16-12-20(28)19-13-21(29)22(30)14-26(19,4)18(16)10-11-25(17,23)3/h12,15,17-19,21-24,29-32H,6-11,13-14H2,1-5H3. The van der Waals surface area contributed by atoms with Crippen molar-refractivity contribution in [3.63, 3.8) is 0 Å².